The molecule has 0 aromatic carbocycles. The van der Waals surface area contributed by atoms with Gasteiger partial charge >= 0.3 is 0 Å². The van der Waals surface area contributed by atoms with Crippen molar-refractivity contribution in [3.63, 3.8) is 0 Å². The molecule has 62 valence electrons. The lowest BCUT2D eigenvalue weighted by molar-refractivity contribution is -0.117. The molecule has 0 aromatic rings. The largest absolute Gasteiger partial charge is 0.344 e. The zero-order valence-corrected chi connectivity index (χ0v) is 7.91. The van der Waals surface area contributed by atoms with E-state index in [9.17, 15) is 4.79 Å². The minimum Gasteiger partial charge on any atom is -0.344 e. The molecule has 0 saturated heterocycles. The van der Waals surface area contributed by atoms with Gasteiger partial charge in [0.1, 0.15) is 0 Å². The van der Waals surface area contributed by atoms with Crippen molar-refractivity contribution in [1.82, 2.24) is 5.32 Å². The zero-order valence-electron chi connectivity index (χ0n) is 6.33. The SMILES string of the molecule is O=C1NC2C=CC=CC2C=C1Br. The number of hydrogen-bond donors (Lipinski definition) is 1. The average Bonchev–Trinajstić information content (AvgIpc) is 2.07. The Kier molecular flexibility index (Phi) is 1.89. The van der Waals surface area contributed by atoms with Gasteiger partial charge in [0.05, 0.1) is 10.5 Å². The van der Waals surface area contributed by atoms with E-state index in [1.807, 2.05) is 24.3 Å². The number of hydrogen-bond acceptors (Lipinski definition) is 1. The standard InChI is InChI=1S/C9H8BrNO/c10-7-5-6-3-1-2-4-8(6)11-9(7)12/h1-6,8H,(H,11,12). The number of nitrogens with one attached hydrogen (secondary N) is 1. The quantitative estimate of drug-likeness (QED) is 0.666. The van der Waals surface area contributed by atoms with Gasteiger partial charge in [-0.1, -0.05) is 30.4 Å². The Labute approximate surface area is 79.2 Å². The van der Waals surface area contributed by atoms with E-state index in [-0.39, 0.29) is 11.9 Å². The van der Waals surface area contributed by atoms with Crippen LogP contribution in [0.1, 0.15) is 0 Å². The first-order chi connectivity index (χ1) is 5.77. The predicted molar refractivity (Wildman–Crippen MR) is 50.7 cm³/mol. The van der Waals surface area contributed by atoms with Gasteiger partial charge in [-0.25, -0.2) is 0 Å². The molecule has 2 atom stereocenters. The van der Waals surface area contributed by atoms with Crippen LogP contribution in [0, 0.1) is 5.92 Å². The van der Waals surface area contributed by atoms with E-state index >= 15 is 0 Å². The Hall–Kier alpha value is -0.830. The molecule has 0 aromatic heterocycles. The summed E-state index contributed by atoms with van der Waals surface area (Å²) in [6.07, 6.45) is 9.96. The first-order valence-electron chi connectivity index (χ1n) is 3.80. The molecule has 1 heterocycles. The smallest absolute Gasteiger partial charge is 0.258 e. The predicted octanol–water partition coefficient (Wildman–Crippen LogP) is 1.51. The van der Waals surface area contributed by atoms with E-state index in [2.05, 4.69) is 27.3 Å². The molecule has 2 nitrogen and oxygen atoms in total. The van der Waals surface area contributed by atoms with Crippen molar-refractivity contribution in [3.05, 3.63) is 34.9 Å². The Balaban J connectivity index is 2.31. The number of halogens is 1. The van der Waals surface area contributed by atoms with E-state index < -0.39 is 0 Å². The van der Waals surface area contributed by atoms with Crippen molar-refractivity contribution < 1.29 is 4.79 Å². The van der Waals surface area contributed by atoms with Crippen molar-refractivity contribution in [2.75, 3.05) is 0 Å². The van der Waals surface area contributed by atoms with E-state index in [0.29, 0.717) is 10.4 Å². The van der Waals surface area contributed by atoms with Crippen molar-refractivity contribution in [1.29, 1.82) is 0 Å². The summed E-state index contributed by atoms with van der Waals surface area (Å²) in [5, 5.41) is 2.88. The molecule has 1 N–H and O–H groups in total. The van der Waals surface area contributed by atoms with Crippen LogP contribution in [0.4, 0.5) is 0 Å². The van der Waals surface area contributed by atoms with E-state index in [1.165, 1.54) is 0 Å². The van der Waals surface area contributed by atoms with Crippen molar-refractivity contribution >= 4 is 21.8 Å². The zero-order chi connectivity index (χ0) is 8.55. The maximum atomic E-state index is 11.2. The Morgan fingerprint density at radius 1 is 1.33 bits per heavy atom. The molecule has 1 amide bonds. The summed E-state index contributed by atoms with van der Waals surface area (Å²) >= 11 is 3.21. The van der Waals surface area contributed by atoms with Crippen LogP contribution in [-0.4, -0.2) is 11.9 Å². The molecule has 0 saturated carbocycles. The second-order valence-electron chi connectivity index (χ2n) is 2.86. The molecule has 1 aliphatic heterocycles. The second kappa shape index (κ2) is 2.90. The van der Waals surface area contributed by atoms with E-state index in [0.717, 1.165) is 0 Å². The summed E-state index contributed by atoms with van der Waals surface area (Å²) in [5.41, 5.74) is 0. The molecule has 2 aliphatic rings. The van der Waals surface area contributed by atoms with Gasteiger partial charge in [-0.2, -0.15) is 0 Å². The fraction of sp³-hybridized carbons (Fsp3) is 0.222. The molecule has 0 spiro atoms. The summed E-state index contributed by atoms with van der Waals surface area (Å²) < 4.78 is 0.628. The summed E-state index contributed by atoms with van der Waals surface area (Å²) in [7, 11) is 0. The molecule has 0 fully saturated rings. The molecule has 0 radical (unpaired) electrons. The minimum absolute atomic E-state index is 0.0313. The molecule has 2 unspecified atom stereocenters. The first kappa shape index (κ1) is 7.80. The maximum Gasteiger partial charge on any atom is 0.258 e. The molecule has 1 aliphatic carbocycles. The van der Waals surface area contributed by atoms with Gasteiger partial charge in [-0.05, 0) is 15.9 Å². The van der Waals surface area contributed by atoms with Gasteiger partial charge in [0.15, 0.2) is 0 Å². The highest BCUT2D eigenvalue weighted by Crippen LogP contribution is 2.23. The summed E-state index contributed by atoms with van der Waals surface area (Å²) in [5.74, 6) is 0.276. The fourth-order valence-corrected chi connectivity index (χ4v) is 1.81. The minimum atomic E-state index is -0.0313. The van der Waals surface area contributed by atoms with Crippen LogP contribution in [-0.2, 0) is 4.79 Å². The molecule has 3 heteroatoms. The highest BCUT2D eigenvalue weighted by atomic mass is 79.9. The number of carbonyl (C=O) groups excluding carboxylic acids is 1. The molecular formula is C9H8BrNO. The third kappa shape index (κ3) is 1.25. The van der Waals surface area contributed by atoms with Gasteiger partial charge in [-0.3, -0.25) is 4.79 Å². The third-order valence-corrected chi connectivity index (χ3v) is 2.66. The number of amides is 1. The second-order valence-corrected chi connectivity index (χ2v) is 3.72. The van der Waals surface area contributed by atoms with Crippen LogP contribution in [0.5, 0.6) is 0 Å². The van der Waals surface area contributed by atoms with Gasteiger partial charge in [0.2, 0.25) is 0 Å². The van der Waals surface area contributed by atoms with Gasteiger partial charge in [0, 0.05) is 5.92 Å². The van der Waals surface area contributed by atoms with E-state index in [1.54, 1.807) is 0 Å². The summed E-state index contributed by atoms with van der Waals surface area (Å²) in [6.45, 7) is 0. The van der Waals surface area contributed by atoms with Crippen LogP contribution in [0.15, 0.2) is 34.9 Å². The van der Waals surface area contributed by atoms with Gasteiger partial charge in [0.25, 0.3) is 5.91 Å². The van der Waals surface area contributed by atoms with Crippen molar-refractivity contribution in [2.24, 2.45) is 5.92 Å². The molecule has 12 heavy (non-hydrogen) atoms. The summed E-state index contributed by atoms with van der Waals surface area (Å²) in [4.78, 5) is 11.2. The maximum absolute atomic E-state index is 11.2. The first-order valence-corrected chi connectivity index (χ1v) is 4.60. The number of fused-ring (bicyclic) bond motifs is 1. The normalized spacial score (nSPS) is 32.4. The molecule has 0 bridgehead atoms. The fourth-order valence-electron chi connectivity index (χ4n) is 1.39. The van der Waals surface area contributed by atoms with Crippen LogP contribution in [0.25, 0.3) is 0 Å². The Morgan fingerprint density at radius 2 is 2.08 bits per heavy atom. The van der Waals surface area contributed by atoms with Crippen LogP contribution in [0.3, 0.4) is 0 Å². The van der Waals surface area contributed by atoms with Crippen LogP contribution < -0.4 is 5.32 Å². The number of carbonyl (C=O) groups is 1. The lowest BCUT2D eigenvalue weighted by Gasteiger charge is -2.26. The summed E-state index contributed by atoms with van der Waals surface area (Å²) in [6, 6.07) is 0.142. The van der Waals surface area contributed by atoms with Crippen molar-refractivity contribution in [2.45, 2.75) is 6.04 Å². The van der Waals surface area contributed by atoms with Crippen LogP contribution in [0.2, 0.25) is 0 Å². The number of allylic oxidation sites excluding steroid dienone is 2. The highest BCUT2D eigenvalue weighted by molar-refractivity contribution is 9.12. The van der Waals surface area contributed by atoms with Gasteiger partial charge in [-0.15, -0.1) is 0 Å². The van der Waals surface area contributed by atoms with Gasteiger partial charge < -0.3 is 5.32 Å². The highest BCUT2D eigenvalue weighted by Gasteiger charge is 2.25. The topological polar surface area (TPSA) is 29.1 Å². The van der Waals surface area contributed by atoms with E-state index in [4.69, 9.17) is 0 Å². The monoisotopic (exact) mass is 225 g/mol. The van der Waals surface area contributed by atoms with Crippen LogP contribution >= 0.6 is 15.9 Å². The Bertz CT molecular complexity index is 304. The Morgan fingerprint density at radius 3 is 2.92 bits per heavy atom. The average molecular weight is 226 g/mol. The van der Waals surface area contributed by atoms with Crippen molar-refractivity contribution in [3.8, 4) is 0 Å². The lowest BCUT2D eigenvalue weighted by Crippen LogP contribution is -2.42. The number of rotatable bonds is 0. The molecular weight excluding hydrogens is 218 g/mol. The lowest BCUT2D eigenvalue weighted by atomic mass is 9.92. The molecule has 2 rings (SSSR count). The third-order valence-electron chi connectivity index (χ3n) is 2.03.